The van der Waals surface area contributed by atoms with Crippen LogP contribution in [0.25, 0.3) is 11.3 Å². The van der Waals surface area contributed by atoms with E-state index in [4.69, 9.17) is 4.74 Å². The maximum Gasteiger partial charge on any atom is 0.343 e. The van der Waals surface area contributed by atoms with Crippen LogP contribution in [0.4, 0.5) is 0 Å². The summed E-state index contributed by atoms with van der Waals surface area (Å²) in [7, 11) is 0. The van der Waals surface area contributed by atoms with Gasteiger partial charge in [0.05, 0.1) is 12.3 Å². The van der Waals surface area contributed by atoms with Crippen LogP contribution in [-0.4, -0.2) is 22.4 Å². The van der Waals surface area contributed by atoms with Crippen molar-refractivity contribution in [2.24, 2.45) is 0 Å². The smallest absolute Gasteiger partial charge is 0.343 e. The van der Waals surface area contributed by atoms with Gasteiger partial charge in [-0.2, -0.15) is 5.10 Å². The van der Waals surface area contributed by atoms with Crippen molar-refractivity contribution in [3.63, 3.8) is 0 Å². The van der Waals surface area contributed by atoms with Crippen molar-refractivity contribution in [1.82, 2.24) is 9.78 Å². The summed E-state index contributed by atoms with van der Waals surface area (Å²) in [5.74, 6) is -0.609. The van der Waals surface area contributed by atoms with Crippen molar-refractivity contribution in [3.8, 4) is 11.3 Å². The van der Waals surface area contributed by atoms with E-state index >= 15 is 0 Å². The molecule has 2 aromatic rings. The van der Waals surface area contributed by atoms with Crippen LogP contribution in [0.1, 0.15) is 35.3 Å². The molecule has 1 heterocycles. The first-order chi connectivity index (χ1) is 10.5. The second-order valence-corrected chi connectivity index (χ2v) is 5.08. The van der Waals surface area contributed by atoms with Gasteiger partial charge in [0, 0.05) is 12.1 Å². The molecule has 0 aliphatic heterocycles. The summed E-state index contributed by atoms with van der Waals surface area (Å²) in [5, 5.41) is 4.33. The van der Waals surface area contributed by atoms with E-state index in [1.807, 2.05) is 39.0 Å². The first-order valence-electron chi connectivity index (χ1n) is 7.34. The van der Waals surface area contributed by atoms with Crippen molar-refractivity contribution in [2.75, 3.05) is 6.61 Å². The van der Waals surface area contributed by atoms with Crippen molar-refractivity contribution in [1.29, 1.82) is 0 Å². The highest BCUT2D eigenvalue weighted by atomic mass is 16.5. The third-order valence-corrected chi connectivity index (χ3v) is 3.57. The predicted octanol–water partition coefficient (Wildman–Crippen LogP) is 2.72. The van der Waals surface area contributed by atoms with Gasteiger partial charge in [0.2, 0.25) is 0 Å². The Labute approximate surface area is 129 Å². The zero-order chi connectivity index (χ0) is 16.3. The van der Waals surface area contributed by atoms with Gasteiger partial charge in [-0.15, -0.1) is 0 Å². The number of esters is 1. The summed E-state index contributed by atoms with van der Waals surface area (Å²) in [4.78, 5) is 24.2. The first-order valence-corrected chi connectivity index (χ1v) is 7.34. The fraction of sp³-hybridized carbons (Fsp3) is 0.353. The minimum Gasteiger partial charge on any atom is -0.462 e. The third-order valence-electron chi connectivity index (χ3n) is 3.57. The lowest BCUT2D eigenvalue weighted by atomic mass is 10.0. The second-order valence-electron chi connectivity index (χ2n) is 5.08. The molecular formula is C17H20N2O3. The van der Waals surface area contributed by atoms with Crippen LogP contribution < -0.4 is 5.56 Å². The molecule has 5 nitrogen and oxygen atoms in total. The fourth-order valence-electron chi connectivity index (χ4n) is 2.15. The summed E-state index contributed by atoms with van der Waals surface area (Å²) < 4.78 is 6.25. The molecule has 1 aromatic carbocycles. The number of rotatable bonds is 4. The molecule has 0 amide bonds. The van der Waals surface area contributed by atoms with Gasteiger partial charge in [0.1, 0.15) is 5.56 Å². The van der Waals surface area contributed by atoms with Crippen molar-refractivity contribution < 1.29 is 9.53 Å². The SMILES string of the molecule is CCOC(=O)c1cc(-c2ccc(C)c(C)c2)nn(CC)c1=O. The molecule has 0 spiro atoms. The van der Waals surface area contributed by atoms with E-state index < -0.39 is 11.5 Å². The number of carbonyl (C=O) groups is 1. The monoisotopic (exact) mass is 300 g/mol. The third kappa shape index (κ3) is 3.08. The number of nitrogens with zero attached hydrogens (tertiary/aromatic N) is 2. The number of ether oxygens (including phenoxy) is 1. The highest BCUT2D eigenvalue weighted by molar-refractivity contribution is 5.90. The largest absolute Gasteiger partial charge is 0.462 e. The fourth-order valence-corrected chi connectivity index (χ4v) is 2.15. The van der Waals surface area contributed by atoms with Crippen molar-refractivity contribution >= 4 is 5.97 Å². The number of hydrogen-bond donors (Lipinski definition) is 0. The van der Waals surface area contributed by atoms with Gasteiger partial charge < -0.3 is 4.74 Å². The van der Waals surface area contributed by atoms with E-state index in [-0.39, 0.29) is 12.2 Å². The lowest BCUT2D eigenvalue weighted by Crippen LogP contribution is -2.29. The van der Waals surface area contributed by atoms with Crippen LogP contribution in [0.5, 0.6) is 0 Å². The summed E-state index contributed by atoms with van der Waals surface area (Å²) in [5.41, 5.74) is 3.37. The van der Waals surface area contributed by atoms with E-state index in [1.54, 1.807) is 6.92 Å². The van der Waals surface area contributed by atoms with Crippen LogP contribution in [-0.2, 0) is 11.3 Å². The standard InChI is InChI=1S/C17H20N2O3/c1-5-19-16(20)14(17(21)22-6-2)10-15(18-19)13-8-7-11(3)12(4)9-13/h7-10H,5-6H2,1-4H3. The zero-order valence-corrected chi connectivity index (χ0v) is 13.3. The average Bonchev–Trinajstić information content (AvgIpc) is 2.50. The lowest BCUT2D eigenvalue weighted by molar-refractivity contribution is 0.0523. The summed E-state index contributed by atoms with van der Waals surface area (Å²) in [6.07, 6.45) is 0. The average molecular weight is 300 g/mol. The molecule has 0 fully saturated rings. The Morgan fingerprint density at radius 2 is 1.91 bits per heavy atom. The minimum atomic E-state index is -0.609. The molecule has 0 bridgehead atoms. The van der Waals surface area contributed by atoms with Crippen LogP contribution in [0, 0.1) is 13.8 Å². The van der Waals surface area contributed by atoms with Gasteiger partial charge in [-0.05, 0) is 51.0 Å². The summed E-state index contributed by atoms with van der Waals surface area (Å²) >= 11 is 0. The molecule has 5 heteroatoms. The molecule has 0 saturated heterocycles. The molecule has 22 heavy (non-hydrogen) atoms. The number of benzene rings is 1. The lowest BCUT2D eigenvalue weighted by Gasteiger charge is -2.10. The molecule has 0 unspecified atom stereocenters. The van der Waals surface area contributed by atoms with Crippen molar-refractivity contribution in [2.45, 2.75) is 34.2 Å². The Morgan fingerprint density at radius 1 is 1.18 bits per heavy atom. The quantitative estimate of drug-likeness (QED) is 0.815. The van der Waals surface area contributed by atoms with Gasteiger partial charge in [-0.3, -0.25) is 4.79 Å². The molecule has 0 radical (unpaired) electrons. The molecule has 1 aromatic heterocycles. The van der Waals surface area contributed by atoms with E-state index in [1.165, 1.54) is 16.3 Å². The summed E-state index contributed by atoms with van der Waals surface area (Å²) in [6.45, 7) is 8.19. The predicted molar refractivity (Wildman–Crippen MR) is 85.0 cm³/mol. The van der Waals surface area contributed by atoms with E-state index in [0.29, 0.717) is 12.2 Å². The molecule has 0 saturated carbocycles. The molecule has 0 N–H and O–H groups in total. The molecule has 2 rings (SSSR count). The van der Waals surface area contributed by atoms with E-state index in [9.17, 15) is 9.59 Å². The van der Waals surface area contributed by atoms with Gasteiger partial charge in [-0.25, -0.2) is 9.48 Å². The molecular weight excluding hydrogens is 280 g/mol. The molecule has 0 atom stereocenters. The second kappa shape index (κ2) is 6.56. The number of hydrogen-bond acceptors (Lipinski definition) is 4. The number of aromatic nitrogens is 2. The Morgan fingerprint density at radius 3 is 2.50 bits per heavy atom. The maximum absolute atomic E-state index is 12.2. The van der Waals surface area contributed by atoms with Gasteiger partial charge in [0.25, 0.3) is 5.56 Å². The molecule has 0 aliphatic carbocycles. The molecule has 116 valence electrons. The topological polar surface area (TPSA) is 61.2 Å². The van der Waals surface area contributed by atoms with Crippen LogP contribution >= 0.6 is 0 Å². The highest BCUT2D eigenvalue weighted by Crippen LogP contribution is 2.20. The van der Waals surface area contributed by atoms with Crippen molar-refractivity contribution in [3.05, 3.63) is 51.3 Å². The van der Waals surface area contributed by atoms with E-state index in [0.717, 1.165) is 11.1 Å². The minimum absolute atomic E-state index is 0.0203. The van der Waals surface area contributed by atoms with Gasteiger partial charge >= 0.3 is 5.97 Å². The summed E-state index contributed by atoms with van der Waals surface area (Å²) in [6, 6.07) is 7.44. The number of aryl methyl sites for hydroxylation is 3. The van der Waals surface area contributed by atoms with Gasteiger partial charge in [-0.1, -0.05) is 12.1 Å². The Balaban J connectivity index is 2.61. The van der Waals surface area contributed by atoms with Crippen LogP contribution in [0.15, 0.2) is 29.1 Å². The highest BCUT2D eigenvalue weighted by Gasteiger charge is 2.17. The van der Waals surface area contributed by atoms with Gasteiger partial charge in [0.15, 0.2) is 0 Å². The van der Waals surface area contributed by atoms with Crippen LogP contribution in [0.3, 0.4) is 0 Å². The Hall–Kier alpha value is -2.43. The normalized spacial score (nSPS) is 10.5. The Kier molecular flexibility index (Phi) is 4.75. The van der Waals surface area contributed by atoms with Crippen LogP contribution in [0.2, 0.25) is 0 Å². The molecule has 0 aliphatic rings. The maximum atomic E-state index is 12.2. The first kappa shape index (κ1) is 15.9. The Bertz CT molecular complexity index is 763. The van der Waals surface area contributed by atoms with E-state index in [2.05, 4.69) is 5.10 Å². The number of carbonyl (C=O) groups excluding carboxylic acids is 1. The zero-order valence-electron chi connectivity index (χ0n) is 13.3.